The Bertz CT molecular complexity index is 291. The topological polar surface area (TPSA) is 64.6 Å². The quantitative estimate of drug-likeness (QED) is 0.529. The van der Waals surface area contributed by atoms with Crippen molar-refractivity contribution in [3.63, 3.8) is 0 Å². The number of nitrogens with one attached hydrogen (secondary N) is 1. The summed E-state index contributed by atoms with van der Waals surface area (Å²) in [5, 5.41) is 2.54. The Morgan fingerprint density at radius 2 is 1.75 bits per heavy atom. The standard InChI is InChI=1S/C10H20NO4P/c1-5-10(12)9(4)8-11-16(13,14-6-2)15-7-3/h8H,5-7H2,1-4H3,(H,11,13)/b9-8+. The summed E-state index contributed by atoms with van der Waals surface area (Å²) in [4.78, 5) is 11.3. The third kappa shape index (κ3) is 5.45. The van der Waals surface area contributed by atoms with Crippen molar-refractivity contribution >= 4 is 13.5 Å². The van der Waals surface area contributed by atoms with Gasteiger partial charge in [0.25, 0.3) is 0 Å². The fraction of sp³-hybridized carbons (Fsp3) is 0.700. The van der Waals surface area contributed by atoms with E-state index in [1.54, 1.807) is 27.7 Å². The summed E-state index contributed by atoms with van der Waals surface area (Å²) in [6.07, 6.45) is 1.80. The van der Waals surface area contributed by atoms with Crippen LogP contribution in [-0.2, 0) is 18.4 Å². The largest absolute Gasteiger partial charge is 0.432 e. The molecule has 0 aromatic rings. The first kappa shape index (κ1) is 15.4. The lowest BCUT2D eigenvalue weighted by Gasteiger charge is -2.16. The Labute approximate surface area is 96.8 Å². The van der Waals surface area contributed by atoms with E-state index in [1.807, 2.05) is 0 Å². The summed E-state index contributed by atoms with van der Waals surface area (Å²) >= 11 is 0. The highest BCUT2D eigenvalue weighted by atomic mass is 31.2. The third-order valence-electron chi connectivity index (χ3n) is 1.80. The number of Topliss-reactive ketones (excluding diaryl/α,β-unsaturated/α-hetero) is 1. The number of hydrogen-bond donors (Lipinski definition) is 1. The summed E-state index contributed by atoms with van der Waals surface area (Å²) in [5.74, 6) is -0.00736. The number of rotatable bonds is 8. The summed E-state index contributed by atoms with van der Waals surface area (Å²) in [6.45, 7) is 7.42. The first-order chi connectivity index (χ1) is 7.49. The van der Waals surface area contributed by atoms with Gasteiger partial charge in [-0.05, 0) is 20.8 Å². The van der Waals surface area contributed by atoms with Crippen LogP contribution < -0.4 is 5.09 Å². The van der Waals surface area contributed by atoms with Crippen LogP contribution in [0.5, 0.6) is 0 Å². The van der Waals surface area contributed by atoms with Crippen LogP contribution in [0.3, 0.4) is 0 Å². The summed E-state index contributed by atoms with van der Waals surface area (Å²) < 4.78 is 21.9. The van der Waals surface area contributed by atoms with Crippen molar-refractivity contribution in [2.75, 3.05) is 13.2 Å². The minimum atomic E-state index is -3.30. The van der Waals surface area contributed by atoms with E-state index in [0.29, 0.717) is 12.0 Å². The van der Waals surface area contributed by atoms with Gasteiger partial charge in [-0.3, -0.25) is 18.9 Å². The number of hydrogen-bond acceptors (Lipinski definition) is 4. The lowest BCUT2D eigenvalue weighted by Crippen LogP contribution is -2.11. The molecule has 0 saturated carbocycles. The number of carbonyl (C=O) groups excluding carboxylic acids is 1. The smallest absolute Gasteiger partial charge is 0.299 e. The van der Waals surface area contributed by atoms with Crippen molar-refractivity contribution in [3.8, 4) is 0 Å². The van der Waals surface area contributed by atoms with Gasteiger partial charge in [-0.1, -0.05) is 6.92 Å². The van der Waals surface area contributed by atoms with Gasteiger partial charge in [0.05, 0.1) is 13.2 Å². The van der Waals surface area contributed by atoms with E-state index in [0.717, 1.165) is 0 Å². The molecule has 1 N–H and O–H groups in total. The van der Waals surface area contributed by atoms with Gasteiger partial charge in [0.15, 0.2) is 5.78 Å². The maximum Gasteiger partial charge on any atom is 0.432 e. The molecule has 0 amide bonds. The molecule has 0 heterocycles. The van der Waals surface area contributed by atoms with Crippen molar-refractivity contribution < 1.29 is 18.4 Å². The maximum absolute atomic E-state index is 11.9. The lowest BCUT2D eigenvalue weighted by molar-refractivity contribution is -0.115. The highest BCUT2D eigenvalue weighted by Gasteiger charge is 2.21. The predicted molar refractivity (Wildman–Crippen MR) is 63.0 cm³/mol. The van der Waals surface area contributed by atoms with E-state index in [9.17, 15) is 9.36 Å². The van der Waals surface area contributed by atoms with Crippen LogP contribution in [0, 0.1) is 0 Å². The Morgan fingerprint density at radius 1 is 1.25 bits per heavy atom. The van der Waals surface area contributed by atoms with E-state index < -0.39 is 7.75 Å². The predicted octanol–water partition coefficient (Wildman–Crippen LogP) is 2.64. The number of carbonyl (C=O) groups is 1. The first-order valence-corrected chi connectivity index (χ1v) is 6.90. The van der Waals surface area contributed by atoms with Crippen LogP contribution in [0.2, 0.25) is 0 Å². The number of ketones is 1. The van der Waals surface area contributed by atoms with Gasteiger partial charge < -0.3 is 0 Å². The summed E-state index contributed by atoms with van der Waals surface area (Å²) in [6, 6.07) is 0. The van der Waals surface area contributed by atoms with Gasteiger partial charge in [0.1, 0.15) is 0 Å². The van der Waals surface area contributed by atoms with Crippen LogP contribution in [0.15, 0.2) is 11.8 Å². The molecule has 0 fully saturated rings. The molecule has 0 aliphatic rings. The van der Waals surface area contributed by atoms with E-state index in [4.69, 9.17) is 9.05 Å². The first-order valence-electron chi connectivity index (χ1n) is 5.36. The zero-order chi connectivity index (χ0) is 12.6. The average molecular weight is 249 g/mol. The molecule has 94 valence electrons. The molecule has 0 saturated heterocycles. The van der Waals surface area contributed by atoms with Gasteiger partial charge >= 0.3 is 7.75 Å². The molecule has 0 aromatic heterocycles. The molecule has 0 radical (unpaired) electrons. The summed E-state index contributed by atoms with van der Waals surface area (Å²) in [5.41, 5.74) is 0.502. The Kier molecular flexibility index (Phi) is 7.30. The van der Waals surface area contributed by atoms with Crippen LogP contribution in [0.25, 0.3) is 0 Å². The van der Waals surface area contributed by atoms with Crippen LogP contribution >= 0.6 is 7.75 Å². The molecule has 0 rings (SSSR count). The number of allylic oxidation sites excluding steroid dienone is 1. The summed E-state index contributed by atoms with van der Waals surface area (Å²) in [7, 11) is -3.30. The SMILES string of the molecule is CCOP(=O)(N/C=C(\C)C(=O)CC)OCC. The highest BCUT2D eigenvalue weighted by Crippen LogP contribution is 2.43. The van der Waals surface area contributed by atoms with E-state index >= 15 is 0 Å². The minimum absolute atomic E-state index is 0.00736. The molecule has 0 aromatic carbocycles. The molecule has 6 heteroatoms. The fourth-order valence-electron chi connectivity index (χ4n) is 0.987. The van der Waals surface area contributed by atoms with Crippen molar-refractivity contribution in [1.29, 1.82) is 0 Å². The monoisotopic (exact) mass is 249 g/mol. The van der Waals surface area contributed by atoms with Gasteiger partial charge in [0, 0.05) is 18.2 Å². The van der Waals surface area contributed by atoms with Crippen molar-refractivity contribution in [3.05, 3.63) is 11.8 Å². The van der Waals surface area contributed by atoms with Crippen molar-refractivity contribution in [2.45, 2.75) is 34.1 Å². The molecule has 0 aliphatic heterocycles. The van der Waals surface area contributed by atoms with E-state index in [-0.39, 0.29) is 19.0 Å². The van der Waals surface area contributed by atoms with E-state index in [2.05, 4.69) is 5.09 Å². The van der Waals surface area contributed by atoms with Gasteiger partial charge in [-0.2, -0.15) is 0 Å². The second-order valence-electron chi connectivity index (χ2n) is 3.07. The second kappa shape index (κ2) is 7.60. The molecule has 0 unspecified atom stereocenters. The lowest BCUT2D eigenvalue weighted by atomic mass is 10.2. The van der Waals surface area contributed by atoms with Crippen molar-refractivity contribution in [2.24, 2.45) is 0 Å². The molecular weight excluding hydrogens is 229 g/mol. The van der Waals surface area contributed by atoms with Crippen LogP contribution in [0.1, 0.15) is 34.1 Å². The normalized spacial score (nSPS) is 12.6. The van der Waals surface area contributed by atoms with Crippen molar-refractivity contribution in [1.82, 2.24) is 5.09 Å². The van der Waals surface area contributed by atoms with E-state index in [1.165, 1.54) is 6.20 Å². The molecule has 5 nitrogen and oxygen atoms in total. The zero-order valence-electron chi connectivity index (χ0n) is 10.3. The molecule has 0 bridgehead atoms. The van der Waals surface area contributed by atoms with Crippen LogP contribution in [0.4, 0.5) is 0 Å². The highest BCUT2D eigenvalue weighted by molar-refractivity contribution is 7.51. The van der Waals surface area contributed by atoms with Gasteiger partial charge in [-0.15, -0.1) is 0 Å². The maximum atomic E-state index is 11.9. The molecule has 0 aliphatic carbocycles. The molecular formula is C10H20NO4P. The zero-order valence-corrected chi connectivity index (χ0v) is 11.2. The average Bonchev–Trinajstić information content (AvgIpc) is 2.25. The second-order valence-corrected chi connectivity index (χ2v) is 4.84. The molecule has 16 heavy (non-hydrogen) atoms. The third-order valence-corrected chi connectivity index (χ3v) is 3.44. The van der Waals surface area contributed by atoms with Gasteiger partial charge in [0.2, 0.25) is 0 Å². The Balaban J connectivity index is 4.53. The van der Waals surface area contributed by atoms with Gasteiger partial charge in [-0.25, -0.2) is 4.57 Å². The fourth-order valence-corrected chi connectivity index (χ4v) is 2.24. The Hall–Kier alpha value is -0.640. The molecule has 0 atom stereocenters. The van der Waals surface area contributed by atoms with Crippen LogP contribution in [-0.4, -0.2) is 19.0 Å². The minimum Gasteiger partial charge on any atom is -0.299 e. The molecule has 0 spiro atoms. The Morgan fingerprint density at radius 3 is 2.12 bits per heavy atom.